The van der Waals surface area contributed by atoms with Crippen molar-refractivity contribution in [3.63, 3.8) is 0 Å². The van der Waals surface area contributed by atoms with Crippen LogP contribution in [0.2, 0.25) is 0 Å². The molecule has 1 heterocycles. The van der Waals surface area contributed by atoms with Crippen molar-refractivity contribution in [1.82, 2.24) is 15.4 Å². The molecule has 3 aromatic rings. The molecule has 10 heteroatoms. The fourth-order valence-corrected chi connectivity index (χ4v) is 2.48. The average molecular weight is 394 g/mol. The van der Waals surface area contributed by atoms with Gasteiger partial charge in [-0.15, -0.1) is 0 Å². The van der Waals surface area contributed by atoms with E-state index in [2.05, 4.69) is 26.1 Å². The first-order valence-corrected chi connectivity index (χ1v) is 8.56. The summed E-state index contributed by atoms with van der Waals surface area (Å²) < 4.78 is 5.10. The van der Waals surface area contributed by atoms with E-state index in [0.29, 0.717) is 17.9 Å². The van der Waals surface area contributed by atoms with Crippen molar-refractivity contribution in [1.29, 1.82) is 0 Å². The summed E-state index contributed by atoms with van der Waals surface area (Å²) >= 11 is 0. The van der Waals surface area contributed by atoms with Crippen LogP contribution in [0.5, 0.6) is 5.75 Å². The number of amides is 1. The number of carbonyl (C=O) groups excluding carboxylic acids is 1. The monoisotopic (exact) mass is 394 g/mol. The summed E-state index contributed by atoms with van der Waals surface area (Å²) in [6, 6.07) is 15.7. The zero-order chi connectivity index (χ0) is 20.6. The highest BCUT2D eigenvalue weighted by Gasteiger charge is 2.23. The number of hydrogen-bond donors (Lipinski definition) is 3. The zero-order valence-electron chi connectivity index (χ0n) is 15.5. The number of methoxy groups -OCH3 is 1. The van der Waals surface area contributed by atoms with E-state index in [4.69, 9.17) is 4.74 Å². The Hall–Kier alpha value is -4.21. The number of hydrazine groups is 1. The Balaban J connectivity index is 1.73. The fourth-order valence-electron chi connectivity index (χ4n) is 2.48. The van der Waals surface area contributed by atoms with Gasteiger partial charge in [-0.2, -0.15) is 0 Å². The third-order valence-corrected chi connectivity index (χ3v) is 3.95. The molecule has 0 unspecified atom stereocenters. The van der Waals surface area contributed by atoms with Gasteiger partial charge >= 0.3 is 5.69 Å². The van der Waals surface area contributed by atoms with Crippen molar-refractivity contribution in [3.8, 4) is 5.75 Å². The van der Waals surface area contributed by atoms with Crippen LogP contribution in [0.3, 0.4) is 0 Å². The van der Waals surface area contributed by atoms with Crippen LogP contribution in [-0.4, -0.2) is 27.9 Å². The Morgan fingerprint density at radius 2 is 1.76 bits per heavy atom. The van der Waals surface area contributed by atoms with Gasteiger partial charge in [0.2, 0.25) is 11.6 Å². The largest absolute Gasteiger partial charge is 0.497 e. The van der Waals surface area contributed by atoms with E-state index in [9.17, 15) is 14.9 Å². The maximum atomic E-state index is 12.1. The number of carbonyl (C=O) groups is 1. The minimum Gasteiger partial charge on any atom is -0.497 e. The van der Waals surface area contributed by atoms with Gasteiger partial charge in [-0.05, 0) is 29.8 Å². The summed E-state index contributed by atoms with van der Waals surface area (Å²) in [6.45, 7) is 0.303. The summed E-state index contributed by atoms with van der Waals surface area (Å²) in [4.78, 5) is 30.9. The normalized spacial score (nSPS) is 10.1. The summed E-state index contributed by atoms with van der Waals surface area (Å²) in [5.41, 5.74) is 5.79. The smallest absolute Gasteiger partial charge is 0.354 e. The summed E-state index contributed by atoms with van der Waals surface area (Å²) in [5.74, 6) is 0.150. The third kappa shape index (κ3) is 4.95. The van der Waals surface area contributed by atoms with Gasteiger partial charge in [0.1, 0.15) is 12.1 Å². The summed E-state index contributed by atoms with van der Waals surface area (Å²) in [6.07, 6.45) is 1.17. The molecule has 0 atom stereocenters. The Bertz CT molecular complexity index is 995. The zero-order valence-corrected chi connectivity index (χ0v) is 15.5. The molecule has 3 N–H and O–H groups in total. The van der Waals surface area contributed by atoms with Gasteiger partial charge in [0.25, 0.3) is 5.91 Å². The molecule has 0 aliphatic carbocycles. The van der Waals surface area contributed by atoms with E-state index >= 15 is 0 Å². The molecule has 0 spiro atoms. The lowest BCUT2D eigenvalue weighted by Crippen LogP contribution is -2.30. The average Bonchev–Trinajstić information content (AvgIpc) is 2.76. The molecule has 1 aromatic heterocycles. The Kier molecular flexibility index (Phi) is 6.15. The molecule has 10 nitrogen and oxygen atoms in total. The van der Waals surface area contributed by atoms with E-state index in [0.717, 1.165) is 5.56 Å². The van der Waals surface area contributed by atoms with Crippen LogP contribution >= 0.6 is 0 Å². The second-order valence-electron chi connectivity index (χ2n) is 5.82. The van der Waals surface area contributed by atoms with Crippen LogP contribution in [0.1, 0.15) is 15.9 Å². The number of aromatic nitrogens is 2. The van der Waals surface area contributed by atoms with Crippen LogP contribution in [0.4, 0.5) is 17.3 Å². The third-order valence-electron chi connectivity index (χ3n) is 3.95. The van der Waals surface area contributed by atoms with Gasteiger partial charge in [-0.1, -0.05) is 30.3 Å². The lowest BCUT2D eigenvalue weighted by Gasteiger charge is -2.11. The Morgan fingerprint density at radius 1 is 1.07 bits per heavy atom. The minimum absolute atomic E-state index is 0.0253. The Labute approximate surface area is 166 Å². The maximum Gasteiger partial charge on any atom is 0.354 e. The fraction of sp³-hybridized carbons (Fsp3) is 0.105. The number of nitro groups is 1. The lowest BCUT2D eigenvalue weighted by molar-refractivity contribution is -0.383. The molecule has 0 aliphatic rings. The first-order chi connectivity index (χ1) is 14.1. The van der Waals surface area contributed by atoms with Gasteiger partial charge in [-0.25, -0.2) is 9.97 Å². The van der Waals surface area contributed by atoms with Gasteiger partial charge < -0.3 is 10.1 Å². The molecular formula is C19H18N6O4. The van der Waals surface area contributed by atoms with Crippen molar-refractivity contribution in [2.45, 2.75) is 6.54 Å². The number of hydrogen-bond acceptors (Lipinski definition) is 8. The van der Waals surface area contributed by atoms with E-state index in [1.807, 2.05) is 12.1 Å². The predicted octanol–water partition coefficient (Wildman–Crippen LogP) is 2.76. The van der Waals surface area contributed by atoms with Gasteiger partial charge in [0, 0.05) is 12.1 Å². The maximum absolute atomic E-state index is 12.1. The number of ether oxygens (including phenoxy) is 1. The predicted molar refractivity (Wildman–Crippen MR) is 107 cm³/mol. The number of benzene rings is 2. The number of nitrogens with zero attached hydrogens (tertiary/aromatic N) is 3. The highest BCUT2D eigenvalue weighted by atomic mass is 16.6. The molecular weight excluding hydrogens is 376 g/mol. The number of rotatable bonds is 8. The summed E-state index contributed by atoms with van der Waals surface area (Å²) in [5, 5.41) is 14.5. The highest BCUT2D eigenvalue weighted by molar-refractivity contribution is 5.95. The topological polar surface area (TPSA) is 131 Å². The van der Waals surface area contributed by atoms with E-state index in [-0.39, 0.29) is 17.3 Å². The van der Waals surface area contributed by atoms with Crippen molar-refractivity contribution in [2.24, 2.45) is 0 Å². The molecule has 0 radical (unpaired) electrons. The number of nitrogens with one attached hydrogen (secondary N) is 3. The Morgan fingerprint density at radius 3 is 2.41 bits per heavy atom. The summed E-state index contributed by atoms with van der Waals surface area (Å²) in [7, 11) is 1.57. The van der Waals surface area contributed by atoms with Crippen molar-refractivity contribution >= 4 is 23.2 Å². The van der Waals surface area contributed by atoms with Crippen LogP contribution in [-0.2, 0) is 6.54 Å². The van der Waals surface area contributed by atoms with E-state index < -0.39 is 10.8 Å². The highest BCUT2D eigenvalue weighted by Crippen LogP contribution is 2.28. The SMILES string of the molecule is COc1ccc(CNc2ncnc(NNC(=O)c3ccccc3)c2[N+](=O)[O-])cc1. The van der Waals surface area contributed by atoms with Gasteiger partial charge in [0.15, 0.2) is 0 Å². The van der Waals surface area contributed by atoms with Crippen molar-refractivity contribution in [3.05, 3.63) is 82.2 Å². The first-order valence-electron chi connectivity index (χ1n) is 8.56. The molecule has 148 valence electrons. The lowest BCUT2D eigenvalue weighted by atomic mass is 10.2. The minimum atomic E-state index is -0.618. The quantitative estimate of drug-likeness (QED) is 0.393. The molecule has 29 heavy (non-hydrogen) atoms. The number of anilines is 2. The van der Waals surface area contributed by atoms with Crippen LogP contribution in [0.15, 0.2) is 60.9 Å². The second kappa shape index (κ2) is 9.13. The van der Waals surface area contributed by atoms with Crippen molar-refractivity contribution in [2.75, 3.05) is 17.9 Å². The molecule has 0 fully saturated rings. The van der Waals surface area contributed by atoms with E-state index in [1.165, 1.54) is 6.33 Å². The molecule has 0 bridgehead atoms. The van der Waals surface area contributed by atoms with Crippen LogP contribution in [0.25, 0.3) is 0 Å². The van der Waals surface area contributed by atoms with E-state index in [1.54, 1.807) is 49.6 Å². The van der Waals surface area contributed by atoms with Crippen molar-refractivity contribution < 1.29 is 14.5 Å². The molecule has 0 aliphatic heterocycles. The molecule has 0 saturated carbocycles. The molecule has 3 rings (SSSR count). The van der Waals surface area contributed by atoms with Crippen LogP contribution in [0, 0.1) is 10.1 Å². The first kappa shape index (κ1) is 19.5. The molecule has 1 amide bonds. The van der Waals surface area contributed by atoms with Crippen LogP contribution < -0.4 is 20.9 Å². The molecule has 2 aromatic carbocycles. The van der Waals surface area contributed by atoms with Gasteiger partial charge in [0.05, 0.1) is 12.0 Å². The van der Waals surface area contributed by atoms with Gasteiger partial charge in [-0.3, -0.25) is 25.8 Å². The molecule has 0 saturated heterocycles. The second-order valence-corrected chi connectivity index (χ2v) is 5.82. The standard InChI is InChI=1S/C19H18N6O4/c1-29-15-9-7-13(8-10-15)11-20-17-16(25(27)28)18(22-12-21-17)23-24-19(26)14-5-3-2-4-6-14/h2-10,12H,11H2,1H3,(H,24,26)(H2,20,21,22,23).